The van der Waals surface area contributed by atoms with Crippen molar-refractivity contribution >= 4 is 11.9 Å². The molecule has 21 heavy (non-hydrogen) atoms. The molecule has 3 heterocycles. The molecule has 0 aliphatic carbocycles. The van der Waals surface area contributed by atoms with Gasteiger partial charge in [0.15, 0.2) is 6.10 Å². The average Bonchev–Trinajstić information content (AvgIpc) is 2.90. The first kappa shape index (κ1) is 14.8. The van der Waals surface area contributed by atoms with Crippen LogP contribution in [-0.4, -0.2) is 59.3 Å². The molecule has 118 valence electrons. The maximum atomic E-state index is 12.2. The summed E-state index contributed by atoms with van der Waals surface area (Å²) in [4.78, 5) is 25.6. The Morgan fingerprint density at radius 2 is 1.71 bits per heavy atom. The molecule has 3 fully saturated rings. The third kappa shape index (κ3) is 3.06. The quantitative estimate of drug-likeness (QED) is 0.803. The standard InChI is InChI=1S/C15H24N2O4/c1-17-10-3-2-4-11(17)8-9(7-10)16-14(18)12-5-6-13(21-12)15(19)20/h9-13H,2-8H2,1H3,(H,16,18)(H,19,20)/t9?,10?,11?,12-,13+/m0/s1. The van der Waals surface area contributed by atoms with Gasteiger partial charge in [0.2, 0.25) is 5.91 Å². The fraction of sp³-hybridized carbons (Fsp3) is 0.867. The van der Waals surface area contributed by atoms with E-state index in [2.05, 4.69) is 17.3 Å². The third-order valence-corrected chi connectivity index (χ3v) is 5.27. The van der Waals surface area contributed by atoms with E-state index in [4.69, 9.17) is 9.84 Å². The summed E-state index contributed by atoms with van der Waals surface area (Å²) < 4.78 is 5.32. The van der Waals surface area contributed by atoms with Crippen LogP contribution in [0.15, 0.2) is 0 Å². The number of fused-ring (bicyclic) bond motifs is 2. The van der Waals surface area contributed by atoms with Gasteiger partial charge in [0, 0.05) is 18.1 Å². The molecule has 0 spiro atoms. The molecule has 0 aromatic rings. The fourth-order valence-corrected chi connectivity index (χ4v) is 4.04. The number of hydrogen-bond acceptors (Lipinski definition) is 4. The Labute approximate surface area is 124 Å². The van der Waals surface area contributed by atoms with E-state index in [-0.39, 0.29) is 11.9 Å². The molecule has 0 radical (unpaired) electrons. The van der Waals surface area contributed by atoms with Crippen LogP contribution in [0.2, 0.25) is 0 Å². The molecule has 3 saturated heterocycles. The van der Waals surface area contributed by atoms with Gasteiger partial charge in [-0.3, -0.25) is 4.79 Å². The zero-order valence-electron chi connectivity index (χ0n) is 12.5. The number of amides is 1. The highest BCUT2D eigenvalue weighted by atomic mass is 16.5. The van der Waals surface area contributed by atoms with E-state index in [1.165, 1.54) is 19.3 Å². The molecule has 0 aromatic carbocycles. The number of piperidine rings is 2. The van der Waals surface area contributed by atoms with Crippen LogP contribution in [0.1, 0.15) is 44.9 Å². The third-order valence-electron chi connectivity index (χ3n) is 5.27. The maximum absolute atomic E-state index is 12.2. The Balaban J connectivity index is 1.53. The van der Waals surface area contributed by atoms with Crippen LogP contribution < -0.4 is 5.32 Å². The van der Waals surface area contributed by atoms with Crippen molar-refractivity contribution in [2.45, 2.75) is 75.3 Å². The Morgan fingerprint density at radius 1 is 1.10 bits per heavy atom. The van der Waals surface area contributed by atoms with Gasteiger partial charge in [-0.25, -0.2) is 4.79 Å². The average molecular weight is 296 g/mol. The van der Waals surface area contributed by atoms with Crippen LogP contribution in [0.5, 0.6) is 0 Å². The van der Waals surface area contributed by atoms with E-state index < -0.39 is 18.2 Å². The van der Waals surface area contributed by atoms with Gasteiger partial charge in [0.1, 0.15) is 6.10 Å². The van der Waals surface area contributed by atoms with E-state index in [1.807, 2.05) is 0 Å². The lowest BCUT2D eigenvalue weighted by molar-refractivity contribution is -0.152. The molecule has 2 unspecified atom stereocenters. The summed E-state index contributed by atoms with van der Waals surface area (Å²) in [5, 5.41) is 12.0. The number of carbonyl (C=O) groups excluding carboxylic acids is 1. The van der Waals surface area contributed by atoms with Crippen LogP contribution in [0.25, 0.3) is 0 Å². The Morgan fingerprint density at radius 3 is 2.29 bits per heavy atom. The molecule has 3 aliphatic heterocycles. The van der Waals surface area contributed by atoms with Gasteiger partial charge in [0.25, 0.3) is 0 Å². The minimum absolute atomic E-state index is 0.133. The molecule has 0 aromatic heterocycles. The zero-order valence-corrected chi connectivity index (χ0v) is 12.5. The van der Waals surface area contributed by atoms with Crippen molar-refractivity contribution in [3.05, 3.63) is 0 Å². The molecule has 6 heteroatoms. The highest BCUT2D eigenvalue weighted by Crippen LogP contribution is 2.32. The zero-order chi connectivity index (χ0) is 15.0. The predicted octanol–water partition coefficient (Wildman–Crippen LogP) is 0.750. The van der Waals surface area contributed by atoms with E-state index in [1.54, 1.807) is 0 Å². The minimum atomic E-state index is -0.973. The number of carboxylic acids is 1. The van der Waals surface area contributed by atoms with Gasteiger partial charge in [-0.05, 0) is 45.6 Å². The lowest BCUT2D eigenvalue weighted by Gasteiger charge is -2.47. The van der Waals surface area contributed by atoms with Crippen LogP contribution in [0, 0.1) is 0 Å². The van der Waals surface area contributed by atoms with Gasteiger partial charge in [-0.2, -0.15) is 0 Å². The number of aliphatic carboxylic acids is 1. The number of carbonyl (C=O) groups is 2. The van der Waals surface area contributed by atoms with Crippen LogP contribution in [0.3, 0.4) is 0 Å². The summed E-state index contributed by atoms with van der Waals surface area (Å²) >= 11 is 0. The van der Waals surface area contributed by atoms with E-state index >= 15 is 0 Å². The number of nitrogens with zero attached hydrogens (tertiary/aromatic N) is 1. The molecule has 1 amide bonds. The second kappa shape index (κ2) is 5.93. The molecule has 3 rings (SSSR count). The number of ether oxygens (including phenoxy) is 1. The topological polar surface area (TPSA) is 78.9 Å². The second-order valence-electron chi connectivity index (χ2n) is 6.61. The van der Waals surface area contributed by atoms with Crippen LogP contribution in [0.4, 0.5) is 0 Å². The number of rotatable bonds is 3. The Kier molecular flexibility index (Phi) is 4.17. The maximum Gasteiger partial charge on any atom is 0.332 e. The first-order chi connectivity index (χ1) is 10.0. The smallest absolute Gasteiger partial charge is 0.332 e. The molecule has 2 N–H and O–H groups in total. The predicted molar refractivity (Wildman–Crippen MR) is 75.9 cm³/mol. The van der Waals surface area contributed by atoms with Crippen LogP contribution >= 0.6 is 0 Å². The highest BCUT2D eigenvalue weighted by molar-refractivity contribution is 5.82. The Bertz CT molecular complexity index is 414. The molecule has 3 aliphatic rings. The van der Waals surface area contributed by atoms with Crippen molar-refractivity contribution in [1.82, 2.24) is 10.2 Å². The second-order valence-corrected chi connectivity index (χ2v) is 6.61. The molecule has 4 atom stereocenters. The molecule has 0 saturated carbocycles. The van der Waals surface area contributed by atoms with Crippen molar-refractivity contribution in [2.24, 2.45) is 0 Å². The summed E-state index contributed by atoms with van der Waals surface area (Å²) in [6, 6.07) is 1.34. The highest BCUT2D eigenvalue weighted by Gasteiger charge is 2.39. The van der Waals surface area contributed by atoms with Gasteiger partial charge < -0.3 is 20.1 Å². The molecule has 2 bridgehead atoms. The monoisotopic (exact) mass is 296 g/mol. The number of carboxylic acid groups (broad SMARTS) is 1. The van der Waals surface area contributed by atoms with Crippen molar-refractivity contribution < 1.29 is 19.4 Å². The van der Waals surface area contributed by atoms with Crippen molar-refractivity contribution in [3.8, 4) is 0 Å². The minimum Gasteiger partial charge on any atom is -0.479 e. The largest absolute Gasteiger partial charge is 0.479 e. The normalized spacial score (nSPS) is 40.0. The first-order valence-corrected chi connectivity index (χ1v) is 7.95. The van der Waals surface area contributed by atoms with Crippen molar-refractivity contribution in [1.29, 1.82) is 0 Å². The summed E-state index contributed by atoms with van der Waals surface area (Å²) in [6.07, 6.45) is 5.20. The van der Waals surface area contributed by atoms with Crippen LogP contribution in [-0.2, 0) is 14.3 Å². The van der Waals surface area contributed by atoms with Gasteiger partial charge >= 0.3 is 5.97 Å². The molecule has 6 nitrogen and oxygen atoms in total. The summed E-state index contributed by atoms with van der Waals surface area (Å²) in [6.45, 7) is 0. The lowest BCUT2D eigenvalue weighted by Crippen LogP contribution is -2.56. The van der Waals surface area contributed by atoms with Gasteiger partial charge in [0.05, 0.1) is 0 Å². The molecular formula is C15H24N2O4. The van der Waals surface area contributed by atoms with Gasteiger partial charge in [-0.1, -0.05) is 6.42 Å². The lowest BCUT2D eigenvalue weighted by atomic mass is 9.82. The summed E-state index contributed by atoms with van der Waals surface area (Å²) in [5.74, 6) is -1.11. The van der Waals surface area contributed by atoms with Gasteiger partial charge in [-0.15, -0.1) is 0 Å². The summed E-state index contributed by atoms with van der Waals surface area (Å²) in [7, 11) is 2.18. The SMILES string of the molecule is CN1C2CCCC1CC(NC(=O)[C@@H]1CC[C@H](C(=O)O)O1)C2. The first-order valence-electron chi connectivity index (χ1n) is 7.95. The van der Waals surface area contributed by atoms with Crippen molar-refractivity contribution in [3.63, 3.8) is 0 Å². The molecular weight excluding hydrogens is 272 g/mol. The Hall–Kier alpha value is -1.14. The fourth-order valence-electron chi connectivity index (χ4n) is 4.04. The van der Waals surface area contributed by atoms with E-state index in [0.717, 1.165) is 12.8 Å². The summed E-state index contributed by atoms with van der Waals surface area (Å²) in [5.41, 5.74) is 0. The van der Waals surface area contributed by atoms with Crippen molar-refractivity contribution in [2.75, 3.05) is 7.05 Å². The number of nitrogens with one attached hydrogen (secondary N) is 1. The van der Waals surface area contributed by atoms with E-state index in [0.29, 0.717) is 24.9 Å². The number of hydrogen-bond donors (Lipinski definition) is 2. The van der Waals surface area contributed by atoms with E-state index in [9.17, 15) is 9.59 Å².